The van der Waals surface area contributed by atoms with Crippen LogP contribution < -0.4 is 16.6 Å². The molecule has 26 heavy (non-hydrogen) atoms. The molecule has 1 aliphatic heterocycles. The third-order valence-electron chi connectivity index (χ3n) is 4.81. The molecule has 1 aromatic carbocycles. The van der Waals surface area contributed by atoms with Crippen molar-refractivity contribution in [2.24, 2.45) is 0 Å². The van der Waals surface area contributed by atoms with Crippen molar-refractivity contribution in [2.45, 2.75) is 32.0 Å². The van der Waals surface area contributed by atoms with E-state index in [9.17, 15) is 14.4 Å². The van der Waals surface area contributed by atoms with Crippen molar-refractivity contribution in [3.8, 4) is 0 Å². The van der Waals surface area contributed by atoms with Gasteiger partial charge in [-0.2, -0.15) is 0 Å². The van der Waals surface area contributed by atoms with E-state index in [2.05, 4.69) is 5.32 Å². The summed E-state index contributed by atoms with van der Waals surface area (Å²) in [5.41, 5.74) is 0.0470. The van der Waals surface area contributed by atoms with Gasteiger partial charge in [-0.3, -0.25) is 18.7 Å². The lowest BCUT2D eigenvalue weighted by atomic mass is 10.1. The van der Waals surface area contributed by atoms with E-state index in [1.807, 2.05) is 37.4 Å². The highest BCUT2D eigenvalue weighted by Gasteiger charge is 2.23. The van der Waals surface area contributed by atoms with Gasteiger partial charge in [-0.25, -0.2) is 4.79 Å². The molecule has 1 saturated heterocycles. The highest BCUT2D eigenvalue weighted by Crippen LogP contribution is 2.10. The summed E-state index contributed by atoms with van der Waals surface area (Å²) in [6.45, 7) is 1.41. The molecule has 1 atom stereocenters. The lowest BCUT2D eigenvalue weighted by Gasteiger charge is -2.32. The van der Waals surface area contributed by atoms with Crippen LogP contribution in [0.3, 0.4) is 0 Å². The molecule has 0 spiro atoms. The van der Waals surface area contributed by atoms with E-state index in [-0.39, 0.29) is 18.5 Å². The molecule has 0 radical (unpaired) electrons. The molecular weight excluding hydrogens is 332 g/mol. The second kappa shape index (κ2) is 8.14. The van der Waals surface area contributed by atoms with Gasteiger partial charge in [0.1, 0.15) is 6.54 Å². The largest absolute Gasteiger partial charge is 0.340 e. The fourth-order valence-electron chi connectivity index (χ4n) is 3.28. The molecule has 0 aliphatic carbocycles. The number of rotatable bonds is 5. The zero-order valence-electron chi connectivity index (χ0n) is 14.9. The number of hydrogen-bond acceptors (Lipinski definition) is 4. The summed E-state index contributed by atoms with van der Waals surface area (Å²) in [7, 11) is 1.88. The van der Waals surface area contributed by atoms with Gasteiger partial charge >= 0.3 is 5.69 Å². The average Bonchev–Trinajstić information content (AvgIpc) is 2.68. The Kier molecular flexibility index (Phi) is 5.68. The van der Waals surface area contributed by atoms with E-state index in [0.29, 0.717) is 19.6 Å². The summed E-state index contributed by atoms with van der Waals surface area (Å²) in [6.07, 6.45) is 3.42. The first-order valence-corrected chi connectivity index (χ1v) is 8.87. The molecule has 2 heterocycles. The molecule has 1 fully saturated rings. The van der Waals surface area contributed by atoms with Gasteiger partial charge in [0.15, 0.2) is 0 Å². The Labute approximate surface area is 151 Å². The maximum atomic E-state index is 12.7. The fourth-order valence-corrected chi connectivity index (χ4v) is 3.28. The zero-order valence-corrected chi connectivity index (χ0v) is 14.9. The van der Waals surface area contributed by atoms with E-state index in [1.165, 1.54) is 16.8 Å². The Morgan fingerprint density at radius 3 is 2.69 bits per heavy atom. The van der Waals surface area contributed by atoms with Crippen LogP contribution in [0.1, 0.15) is 18.4 Å². The summed E-state index contributed by atoms with van der Waals surface area (Å²) in [5, 5.41) is 3.18. The van der Waals surface area contributed by atoms with Crippen LogP contribution >= 0.6 is 0 Å². The Balaban J connectivity index is 1.79. The van der Waals surface area contributed by atoms with E-state index in [4.69, 9.17) is 0 Å². The molecule has 0 bridgehead atoms. The third-order valence-corrected chi connectivity index (χ3v) is 4.81. The van der Waals surface area contributed by atoms with Gasteiger partial charge < -0.3 is 10.2 Å². The van der Waals surface area contributed by atoms with Crippen molar-refractivity contribution in [3.05, 3.63) is 69.0 Å². The Bertz CT molecular complexity index is 872. The van der Waals surface area contributed by atoms with Crippen LogP contribution in [0.5, 0.6) is 0 Å². The monoisotopic (exact) mass is 356 g/mol. The maximum absolute atomic E-state index is 12.7. The summed E-state index contributed by atoms with van der Waals surface area (Å²) in [4.78, 5) is 39.1. The predicted octanol–water partition coefficient (Wildman–Crippen LogP) is 0.269. The van der Waals surface area contributed by atoms with Crippen LogP contribution in [-0.4, -0.2) is 46.1 Å². The van der Waals surface area contributed by atoms with Crippen molar-refractivity contribution in [2.75, 3.05) is 20.1 Å². The van der Waals surface area contributed by atoms with E-state index < -0.39 is 11.2 Å². The minimum Gasteiger partial charge on any atom is -0.340 e. The van der Waals surface area contributed by atoms with Crippen molar-refractivity contribution in [3.63, 3.8) is 0 Å². The van der Waals surface area contributed by atoms with Gasteiger partial charge in [0, 0.05) is 31.4 Å². The van der Waals surface area contributed by atoms with Gasteiger partial charge in [0.05, 0.1) is 6.54 Å². The highest BCUT2D eigenvalue weighted by atomic mass is 16.2. The number of nitrogens with one attached hydrogen (secondary N) is 1. The maximum Gasteiger partial charge on any atom is 0.331 e. The number of amides is 1. The van der Waals surface area contributed by atoms with E-state index >= 15 is 0 Å². The second-order valence-electron chi connectivity index (χ2n) is 6.60. The number of nitrogens with zero attached hydrogens (tertiary/aromatic N) is 3. The highest BCUT2D eigenvalue weighted by molar-refractivity contribution is 5.76. The van der Waals surface area contributed by atoms with E-state index in [1.54, 1.807) is 4.90 Å². The van der Waals surface area contributed by atoms with Gasteiger partial charge in [-0.05, 0) is 25.5 Å². The molecule has 1 aromatic heterocycles. The SMILES string of the molecule is CNC1CCCN(C(=O)Cn2c(=O)ccn(Cc3ccccc3)c2=O)C1. The van der Waals surface area contributed by atoms with Crippen LogP contribution in [0.15, 0.2) is 52.2 Å². The molecule has 0 saturated carbocycles. The van der Waals surface area contributed by atoms with Crippen LogP contribution in [0.25, 0.3) is 0 Å². The van der Waals surface area contributed by atoms with Crippen LogP contribution in [-0.2, 0) is 17.9 Å². The summed E-state index contributed by atoms with van der Waals surface area (Å²) in [5.74, 6) is -0.193. The minimum atomic E-state index is -0.461. The van der Waals surface area contributed by atoms with Crippen molar-refractivity contribution in [1.29, 1.82) is 0 Å². The number of carbonyl (C=O) groups is 1. The topological polar surface area (TPSA) is 76.3 Å². The predicted molar refractivity (Wildman–Crippen MR) is 99.2 cm³/mol. The Hall–Kier alpha value is -2.67. The first-order valence-electron chi connectivity index (χ1n) is 8.87. The Morgan fingerprint density at radius 2 is 1.96 bits per heavy atom. The molecule has 1 unspecified atom stereocenters. The smallest absolute Gasteiger partial charge is 0.331 e. The number of piperidine rings is 1. The van der Waals surface area contributed by atoms with Crippen LogP contribution in [0.2, 0.25) is 0 Å². The normalized spacial score (nSPS) is 17.3. The standard InChI is InChI=1S/C19H24N4O3/c1-20-16-8-5-10-21(13-16)18(25)14-23-17(24)9-11-22(19(23)26)12-15-6-3-2-4-7-15/h2-4,6-7,9,11,16,20H,5,8,10,12-14H2,1H3. The number of hydrogen-bond donors (Lipinski definition) is 1. The molecule has 3 rings (SSSR count). The van der Waals surface area contributed by atoms with Gasteiger partial charge in [-0.15, -0.1) is 0 Å². The quantitative estimate of drug-likeness (QED) is 0.834. The average molecular weight is 356 g/mol. The molecule has 1 aliphatic rings. The first kappa shape index (κ1) is 18.1. The van der Waals surface area contributed by atoms with Crippen molar-refractivity contribution < 1.29 is 4.79 Å². The second-order valence-corrected chi connectivity index (χ2v) is 6.60. The fraction of sp³-hybridized carbons (Fsp3) is 0.421. The molecule has 138 valence electrons. The van der Waals surface area contributed by atoms with Crippen LogP contribution in [0.4, 0.5) is 0 Å². The minimum absolute atomic E-state index is 0.193. The third kappa shape index (κ3) is 4.11. The molecule has 2 aromatic rings. The molecule has 7 heteroatoms. The van der Waals surface area contributed by atoms with Crippen LogP contribution in [0, 0.1) is 0 Å². The van der Waals surface area contributed by atoms with E-state index in [0.717, 1.165) is 23.0 Å². The number of benzene rings is 1. The zero-order chi connectivity index (χ0) is 18.5. The molecule has 1 N–H and O–H groups in total. The number of carbonyl (C=O) groups excluding carboxylic acids is 1. The number of likely N-dealkylation sites (N-methyl/N-ethyl adjacent to an activating group) is 1. The number of likely N-dealkylation sites (tertiary alicyclic amines) is 1. The summed E-state index contributed by atoms with van der Waals surface area (Å²) in [6, 6.07) is 11.1. The van der Waals surface area contributed by atoms with Gasteiger partial charge in [-0.1, -0.05) is 30.3 Å². The lowest BCUT2D eigenvalue weighted by molar-refractivity contribution is -0.133. The van der Waals surface area contributed by atoms with Gasteiger partial charge in [0.25, 0.3) is 5.56 Å². The molecular formula is C19H24N4O3. The Morgan fingerprint density at radius 1 is 1.19 bits per heavy atom. The molecule has 7 nitrogen and oxygen atoms in total. The lowest BCUT2D eigenvalue weighted by Crippen LogP contribution is -2.50. The number of aromatic nitrogens is 2. The summed E-state index contributed by atoms with van der Waals surface area (Å²) >= 11 is 0. The van der Waals surface area contributed by atoms with Crippen molar-refractivity contribution >= 4 is 5.91 Å². The summed E-state index contributed by atoms with van der Waals surface area (Å²) < 4.78 is 2.48. The van der Waals surface area contributed by atoms with Crippen molar-refractivity contribution in [1.82, 2.24) is 19.4 Å². The first-order chi connectivity index (χ1) is 12.6. The molecule has 1 amide bonds. The van der Waals surface area contributed by atoms with Gasteiger partial charge in [0.2, 0.25) is 5.91 Å².